The van der Waals surface area contributed by atoms with Gasteiger partial charge in [-0.05, 0) is 44.0 Å². The van der Waals surface area contributed by atoms with Crippen LogP contribution < -0.4 is 15.4 Å². The lowest BCUT2D eigenvalue weighted by atomic mass is 10.1. The van der Waals surface area contributed by atoms with E-state index in [2.05, 4.69) is 0 Å². The van der Waals surface area contributed by atoms with Crippen molar-refractivity contribution in [2.75, 3.05) is 24.6 Å². The zero-order valence-corrected chi connectivity index (χ0v) is 11.0. The number of anilines is 1. The Balaban J connectivity index is 2.31. The van der Waals surface area contributed by atoms with Gasteiger partial charge in [-0.3, -0.25) is 4.79 Å². The van der Waals surface area contributed by atoms with Crippen molar-refractivity contribution in [2.45, 2.75) is 20.3 Å². The van der Waals surface area contributed by atoms with E-state index < -0.39 is 0 Å². The van der Waals surface area contributed by atoms with Crippen LogP contribution in [0.5, 0.6) is 5.75 Å². The van der Waals surface area contributed by atoms with Gasteiger partial charge in [-0.1, -0.05) is 6.07 Å². The number of carbonyl (C=O) groups is 1. The lowest BCUT2D eigenvalue weighted by Crippen LogP contribution is -2.26. The summed E-state index contributed by atoms with van der Waals surface area (Å²) in [7, 11) is 0. The third-order valence-electron chi connectivity index (χ3n) is 3.24. The predicted octanol–water partition coefficient (Wildman–Crippen LogP) is 1.71. The minimum absolute atomic E-state index is 0.136. The van der Waals surface area contributed by atoms with Crippen molar-refractivity contribution in [1.82, 2.24) is 0 Å². The number of nitrogens with two attached hydrogens (primary N) is 1. The smallest absolute Gasteiger partial charge is 0.227 e. The van der Waals surface area contributed by atoms with Crippen molar-refractivity contribution in [3.05, 3.63) is 23.8 Å². The van der Waals surface area contributed by atoms with Crippen molar-refractivity contribution >= 4 is 11.6 Å². The second-order valence-electron chi connectivity index (χ2n) is 4.71. The summed E-state index contributed by atoms with van der Waals surface area (Å²) in [5.41, 5.74) is 7.65. The molecule has 1 atom stereocenters. The first-order chi connectivity index (χ1) is 8.65. The highest BCUT2D eigenvalue weighted by Gasteiger charge is 2.31. The Labute approximate surface area is 108 Å². The SMILES string of the molecule is CCOc1ccc(C)cc1N1CC(CN)CC1=O. The van der Waals surface area contributed by atoms with Crippen LogP contribution >= 0.6 is 0 Å². The number of nitrogens with zero attached hydrogens (tertiary/aromatic N) is 1. The van der Waals surface area contributed by atoms with Gasteiger partial charge in [0.05, 0.1) is 12.3 Å². The monoisotopic (exact) mass is 248 g/mol. The molecule has 0 radical (unpaired) electrons. The maximum Gasteiger partial charge on any atom is 0.227 e. The fourth-order valence-electron chi connectivity index (χ4n) is 2.29. The number of rotatable bonds is 4. The topological polar surface area (TPSA) is 55.6 Å². The van der Waals surface area contributed by atoms with Crippen molar-refractivity contribution in [3.63, 3.8) is 0 Å². The van der Waals surface area contributed by atoms with E-state index in [1.54, 1.807) is 4.90 Å². The van der Waals surface area contributed by atoms with Crippen molar-refractivity contribution in [3.8, 4) is 5.75 Å². The molecule has 18 heavy (non-hydrogen) atoms. The quantitative estimate of drug-likeness (QED) is 0.882. The van der Waals surface area contributed by atoms with Crippen LogP contribution in [-0.4, -0.2) is 25.6 Å². The van der Waals surface area contributed by atoms with Crippen molar-refractivity contribution < 1.29 is 9.53 Å². The highest BCUT2D eigenvalue weighted by Crippen LogP contribution is 2.33. The van der Waals surface area contributed by atoms with E-state index in [1.807, 2.05) is 32.0 Å². The van der Waals surface area contributed by atoms with Gasteiger partial charge in [-0.2, -0.15) is 0 Å². The van der Waals surface area contributed by atoms with Crippen LogP contribution in [-0.2, 0) is 4.79 Å². The average Bonchev–Trinajstić information content (AvgIpc) is 2.73. The Bertz CT molecular complexity index is 445. The molecule has 2 rings (SSSR count). The number of carbonyl (C=O) groups excluding carboxylic acids is 1. The van der Waals surface area contributed by atoms with Gasteiger partial charge in [-0.15, -0.1) is 0 Å². The van der Waals surface area contributed by atoms with E-state index in [0.717, 1.165) is 17.0 Å². The van der Waals surface area contributed by atoms with Crippen LogP contribution in [0, 0.1) is 12.8 Å². The highest BCUT2D eigenvalue weighted by atomic mass is 16.5. The Morgan fingerprint density at radius 3 is 2.89 bits per heavy atom. The summed E-state index contributed by atoms with van der Waals surface area (Å²) in [5.74, 6) is 1.17. The lowest BCUT2D eigenvalue weighted by Gasteiger charge is -2.20. The fourth-order valence-corrected chi connectivity index (χ4v) is 2.29. The molecule has 1 aromatic carbocycles. The molecule has 1 aromatic rings. The zero-order valence-electron chi connectivity index (χ0n) is 11.0. The zero-order chi connectivity index (χ0) is 13.1. The van der Waals surface area contributed by atoms with Crippen LogP contribution in [0.2, 0.25) is 0 Å². The summed E-state index contributed by atoms with van der Waals surface area (Å²) in [6.07, 6.45) is 0.538. The second-order valence-corrected chi connectivity index (χ2v) is 4.71. The first kappa shape index (κ1) is 12.9. The molecule has 4 nitrogen and oxygen atoms in total. The molecule has 1 heterocycles. The van der Waals surface area contributed by atoms with Crippen molar-refractivity contribution in [1.29, 1.82) is 0 Å². The molecule has 0 saturated carbocycles. The average molecular weight is 248 g/mol. The van der Waals surface area contributed by atoms with Gasteiger partial charge in [0.1, 0.15) is 5.75 Å². The normalized spacial score (nSPS) is 19.4. The Morgan fingerprint density at radius 2 is 2.28 bits per heavy atom. The van der Waals surface area contributed by atoms with E-state index in [-0.39, 0.29) is 11.8 Å². The number of hydrogen-bond donors (Lipinski definition) is 1. The molecule has 1 amide bonds. The summed E-state index contributed by atoms with van der Waals surface area (Å²) in [6, 6.07) is 5.93. The highest BCUT2D eigenvalue weighted by molar-refractivity contribution is 5.97. The minimum atomic E-state index is 0.136. The third kappa shape index (κ3) is 2.48. The minimum Gasteiger partial charge on any atom is -0.492 e. The van der Waals surface area contributed by atoms with Crippen LogP contribution in [0.4, 0.5) is 5.69 Å². The number of hydrogen-bond acceptors (Lipinski definition) is 3. The number of benzene rings is 1. The predicted molar refractivity (Wildman–Crippen MR) is 71.9 cm³/mol. The van der Waals surface area contributed by atoms with Gasteiger partial charge in [-0.25, -0.2) is 0 Å². The molecule has 0 bridgehead atoms. The van der Waals surface area contributed by atoms with Gasteiger partial charge in [0.15, 0.2) is 0 Å². The van der Waals surface area contributed by atoms with E-state index >= 15 is 0 Å². The lowest BCUT2D eigenvalue weighted by molar-refractivity contribution is -0.117. The molecule has 0 spiro atoms. The van der Waals surface area contributed by atoms with E-state index in [9.17, 15) is 4.79 Å². The van der Waals surface area contributed by atoms with Gasteiger partial charge in [0.25, 0.3) is 0 Å². The summed E-state index contributed by atoms with van der Waals surface area (Å²) in [6.45, 7) is 5.80. The first-order valence-corrected chi connectivity index (χ1v) is 6.39. The molecule has 4 heteroatoms. The molecule has 2 N–H and O–H groups in total. The third-order valence-corrected chi connectivity index (χ3v) is 3.24. The molecule has 1 aliphatic heterocycles. The van der Waals surface area contributed by atoms with Gasteiger partial charge in [0.2, 0.25) is 5.91 Å². The molecular weight excluding hydrogens is 228 g/mol. The molecule has 0 aromatic heterocycles. The molecule has 98 valence electrons. The molecule has 1 saturated heterocycles. The van der Waals surface area contributed by atoms with E-state index in [4.69, 9.17) is 10.5 Å². The van der Waals surface area contributed by atoms with E-state index in [0.29, 0.717) is 26.1 Å². The molecule has 1 fully saturated rings. The Kier molecular flexibility index (Phi) is 3.87. The molecule has 1 aliphatic rings. The summed E-state index contributed by atoms with van der Waals surface area (Å²) in [5, 5.41) is 0. The Hall–Kier alpha value is -1.55. The van der Waals surface area contributed by atoms with Gasteiger partial charge < -0.3 is 15.4 Å². The summed E-state index contributed by atoms with van der Waals surface area (Å²) < 4.78 is 5.60. The summed E-state index contributed by atoms with van der Waals surface area (Å²) >= 11 is 0. The largest absolute Gasteiger partial charge is 0.492 e. The number of aryl methyl sites for hydroxylation is 1. The number of ether oxygens (including phenoxy) is 1. The van der Waals surface area contributed by atoms with Crippen molar-refractivity contribution in [2.24, 2.45) is 11.7 Å². The van der Waals surface area contributed by atoms with Crippen LogP contribution in [0.25, 0.3) is 0 Å². The van der Waals surface area contributed by atoms with Crippen LogP contribution in [0.15, 0.2) is 18.2 Å². The van der Waals surface area contributed by atoms with E-state index in [1.165, 1.54) is 0 Å². The Morgan fingerprint density at radius 1 is 1.50 bits per heavy atom. The van der Waals surface area contributed by atoms with Crippen LogP contribution in [0.1, 0.15) is 18.9 Å². The standard InChI is InChI=1S/C14H20N2O2/c1-3-18-13-5-4-10(2)6-12(13)16-9-11(8-15)7-14(16)17/h4-6,11H,3,7-9,15H2,1-2H3. The maximum atomic E-state index is 12.0. The number of amides is 1. The fraction of sp³-hybridized carbons (Fsp3) is 0.500. The van der Waals surface area contributed by atoms with Crippen LogP contribution in [0.3, 0.4) is 0 Å². The summed E-state index contributed by atoms with van der Waals surface area (Å²) in [4.78, 5) is 13.8. The second kappa shape index (κ2) is 5.40. The molecule has 0 aliphatic carbocycles. The molecular formula is C14H20N2O2. The molecule has 1 unspecified atom stereocenters. The van der Waals surface area contributed by atoms with Gasteiger partial charge >= 0.3 is 0 Å². The maximum absolute atomic E-state index is 12.0. The first-order valence-electron chi connectivity index (χ1n) is 6.39. The van der Waals surface area contributed by atoms with Gasteiger partial charge in [0, 0.05) is 13.0 Å².